The van der Waals surface area contributed by atoms with Gasteiger partial charge in [-0.05, 0) is 55.0 Å². The first-order chi connectivity index (χ1) is 8.11. The minimum Gasteiger partial charge on any atom is -0.386 e. The van der Waals surface area contributed by atoms with Crippen molar-refractivity contribution in [3.05, 3.63) is 28.5 Å². The first-order valence-corrected chi connectivity index (χ1v) is 6.96. The zero-order valence-electron chi connectivity index (χ0n) is 10.3. The molecule has 0 saturated carbocycles. The van der Waals surface area contributed by atoms with E-state index in [2.05, 4.69) is 47.0 Å². The maximum absolute atomic E-state index is 10.5. The molecule has 1 aromatic rings. The molecular weight excluding hydrogens is 280 g/mol. The molecule has 0 radical (unpaired) electrons. The van der Waals surface area contributed by atoms with Crippen molar-refractivity contribution in [1.82, 2.24) is 9.78 Å². The predicted octanol–water partition coefficient (Wildman–Crippen LogP) is 3.62. The second-order valence-electron chi connectivity index (χ2n) is 4.91. The molecule has 1 N–H and O–H groups in total. The lowest BCUT2D eigenvalue weighted by Gasteiger charge is -2.25. The predicted molar refractivity (Wildman–Crippen MR) is 71.8 cm³/mol. The van der Waals surface area contributed by atoms with Crippen molar-refractivity contribution in [2.75, 3.05) is 0 Å². The average Bonchev–Trinajstić information content (AvgIpc) is 2.71. The van der Waals surface area contributed by atoms with E-state index in [4.69, 9.17) is 0 Å². The number of allylic oxidation sites excluding steroid dienone is 2. The zero-order chi connectivity index (χ0) is 12.4. The van der Waals surface area contributed by atoms with Crippen LogP contribution in [0.15, 0.2) is 22.8 Å². The molecule has 0 aliphatic heterocycles. The molecule has 94 valence electrons. The van der Waals surface area contributed by atoms with Gasteiger partial charge in [-0.15, -0.1) is 0 Å². The minimum absolute atomic E-state index is 0.269. The highest BCUT2D eigenvalue weighted by molar-refractivity contribution is 9.10. The van der Waals surface area contributed by atoms with E-state index in [-0.39, 0.29) is 6.04 Å². The van der Waals surface area contributed by atoms with Crippen molar-refractivity contribution in [2.24, 2.45) is 5.92 Å². The first-order valence-electron chi connectivity index (χ1n) is 6.17. The van der Waals surface area contributed by atoms with E-state index in [9.17, 15) is 5.11 Å². The highest BCUT2D eigenvalue weighted by Crippen LogP contribution is 2.35. The Bertz CT molecular complexity index is 412. The van der Waals surface area contributed by atoms with Gasteiger partial charge in [-0.1, -0.05) is 12.2 Å². The molecule has 17 heavy (non-hydrogen) atoms. The van der Waals surface area contributed by atoms with Gasteiger partial charge in [-0.25, -0.2) is 0 Å². The molecule has 0 aromatic carbocycles. The second kappa shape index (κ2) is 5.36. The fourth-order valence-corrected chi connectivity index (χ4v) is 2.87. The van der Waals surface area contributed by atoms with Crippen LogP contribution in [0.2, 0.25) is 0 Å². The molecule has 1 aliphatic carbocycles. The van der Waals surface area contributed by atoms with Crippen LogP contribution in [-0.2, 0) is 0 Å². The summed E-state index contributed by atoms with van der Waals surface area (Å²) in [7, 11) is 0. The summed E-state index contributed by atoms with van der Waals surface area (Å²) in [4.78, 5) is 0. The molecule has 1 heterocycles. The number of nitrogens with zero attached hydrogens (tertiary/aromatic N) is 2. The fourth-order valence-electron chi connectivity index (χ4n) is 2.37. The maximum atomic E-state index is 10.5. The van der Waals surface area contributed by atoms with E-state index >= 15 is 0 Å². The Hall–Kier alpha value is -0.610. The average molecular weight is 299 g/mol. The number of aliphatic hydroxyl groups is 1. The molecule has 1 aromatic heterocycles. The molecule has 2 rings (SSSR count). The van der Waals surface area contributed by atoms with Gasteiger partial charge >= 0.3 is 0 Å². The van der Waals surface area contributed by atoms with E-state index < -0.39 is 6.10 Å². The van der Waals surface area contributed by atoms with Crippen molar-refractivity contribution in [3.63, 3.8) is 0 Å². The maximum Gasteiger partial charge on any atom is 0.0999 e. The highest BCUT2D eigenvalue weighted by Gasteiger charge is 2.27. The Balaban J connectivity index is 2.26. The summed E-state index contributed by atoms with van der Waals surface area (Å²) in [5.74, 6) is 0.311. The molecular formula is C13H19BrN2O. The number of rotatable bonds is 3. The molecule has 0 fully saturated rings. The monoisotopic (exact) mass is 298 g/mol. The number of hydrogen-bond acceptors (Lipinski definition) is 2. The fraction of sp³-hybridized carbons (Fsp3) is 0.615. The Labute approximate surface area is 111 Å². The molecule has 0 saturated heterocycles. The van der Waals surface area contributed by atoms with E-state index in [0.717, 1.165) is 29.4 Å². The van der Waals surface area contributed by atoms with Crippen LogP contribution in [0.5, 0.6) is 0 Å². The summed E-state index contributed by atoms with van der Waals surface area (Å²) >= 11 is 3.49. The molecule has 0 spiro atoms. The van der Waals surface area contributed by atoms with Crippen molar-refractivity contribution in [1.29, 1.82) is 0 Å². The molecule has 0 amide bonds. The van der Waals surface area contributed by atoms with Crippen LogP contribution in [0.25, 0.3) is 0 Å². The molecule has 4 heteroatoms. The van der Waals surface area contributed by atoms with Crippen LogP contribution < -0.4 is 0 Å². The second-order valence-corrected chi connectivity index (χ2v) is 5.76. The Morgan fingerprint density at radius 2 is 2.24 bits per heavy atom. The van der Waals surface area contributed by atoms with Gasteiger partial charge in [0, 0.05) is 6.04 Å². The zero-order valence-corrected chi connectivity index (χ0v) is 11.9. The summed E-state index contributed by atoms with van der Waals surface area (Å²) in [6, 6.07) is 0.269. The number of hydrogen-bond donors (Lipinski definition) is 1. The van der Waals surface area contributed by atoms with Gasteiger partial charge < -0.3 is 5.11 Å². The van der Waals surface area contributed by atoms with Crippen molar-refractivity contribution in [2.45, 2.75) is 45.3 Å². The van der Waals surface area contributed by atoms with Crippen LogP contribution in [0.3, 0.4) is 0 Å². The number of halogens is 1. The molecule has 3 nitrogen and oxygen atoms in total. The molecule has 1 aliphatic rings. The van der Waals surface area contributed by atoms with E-state index in [1.54, 1.807) is 6.20 Å². The molecule has 0 bridgehead atoms. The standard InChI is InChI=1S/C13H19BrN2O/c1-9(2)16-12(11(14)8-15-16)13(17)10-6-4-3-5-7-10/h3-4,8-10,13,17H,5-7H2,1-2H3. The lowest BCUT2D eigenvalue weighted by Crippen LogP contribution is -2.19. The quantitative estimate of drug-likeness (QED) is 0.866. The molecule has 2 atom stereocenters. The van der Waals surface area contributed by atoms with Crippen LogP contribution in [0.1, 0.15) is 50.9 Å². The first kappa shape index (κ1) is 12.8. The lowest BCUT2D eigenvalue weighted by molar-refractivity contribution is 0.0914. The smallest absolute Gasteiger partial charge is 0.0999 e. The third-order valence-corrected chi connectivity index (χ3v) is 3.92. The van der Waals surface area contributed by atoms with Crippen LogP contribution in [-0.4, -0.2) is 14.9 Å². The van der Waals surface area contributed by atoms with Gasteiger partial charge in [0.25, 0.3) is 0 Å². The Morgan fingerprint density at radius 3 is 2.82 bits per heavy atom. The largest absolute Gasteiger partial charge is 0.386 e. The third-order valence-electron chi connectivity index (χ3n) is 3.31. The van der Waals surface area contributed by atoms with Gasteiger partial charge in [-0.2, -0.15) is 5.10 Å². The van der Waals surface area contributed by atoms with Crippen molar-refractivity contribution >= 4 is 15.9 Å². The molecule has 2 unspecified atom stereocenters. The Morgan fingerprint density at radius 1 is 1.47 bits per heavy atom. The summed E-state index contributed by atoms with van der Waals surface area (Å²) < 4.78 is 2.82. The summed E-state index contributed by atoms with van der Waals surface area (Å²) in [6.07, 6.45) is 8.77. The SMILES string of the molecule is CC(C)n1ncc(Br)c1C(O)C1CC=CCC1. The summed E-state index contributed by atoms with van der Waals surface area (Å²) in [5, 5.41) is 14.8. The van der Waals surface area contributed by atoms with E-state index in [1.807, 2.05) is 4.68 Å². The lowest BCUT2D eigenvalue weighted by atomic mass is 9.88. The van der Waals surface area contributed by atoms with Gasteiger partial charge in [0.1, 0.15) is 0 Å². The van der Waals surface area contributed by atoms with Crippen LogP contribution in [0, 0.1) is 5.92 Å². The normalized spacial score (nSPS) is 22.1. The summed E-state index contributed by atoms with van der Waals surface area (Å²) in [6.45, 7) is 4.16. The summed E-state index contributed by atoms with van der Waals surface area (Å²) in [5.41, 5.74) is 0.917. The minimum atomic E-state index is -0.431. The van der Waals surface area contributed by atoms with Gasteiger partial charge in [-0.3, -0.25) is 4.68 Å². The third kappa shape index (κ3) is 2.63. The van der Waals surface area contributed by atoms with E-state index in [0.29, 0.717) is 5.92 Å². The highest BCUT2D eigenvalue weighted by atomic mass is 79.9. The van der Waals surface area contributed by atoms with Crippen LogP contribution >= 0.6 is 15.9 Å². The van der Waals surface area contributed by atoms with Crippen molar-refractivity contribution in [3.8, 4) is 0 Å². The Kier molecular flexibility index (Phi) is 4.05. The van der Waals surface area contributed by atoms with Crippen molar-refractivity contribution < 1.29 is 5.11 Å². The van der Waals surface area contributed by atoms with Gasteiger partial charge in [0.05, 0.1) is 22.5 Å². The number of aromatic nitrogens is 2. The van der Waals surface area contributed by atoms with E-state index in [1.165, 1.54) is 0 Å². The number of aliphatic hydroxyl groups excluding tert-OH is 1. The van der Waals surface area contributed by atoms with Gasteiger partial charge in [0.15, 0.2) is 0 Å². The van der Waals surface area contributed by atoms with Crippen LogP contribution in [0.4, 0.5) is 0 Å². The topological polar surface area (TPSA) is 38.0 Å². The van der Waals surface area contributed by atoms with Gasteiger partial charge in [0.2, 0.25) is 0 Å².